The fourth-order valence-corrected chi connectivity index (χ4v) is 3.14. The molecule has 3 aromatic rings. The number of amides is 1. The second-order valence-electron chi connectivity index (χ2n) is 4.24. The lowest BCUT2D eigenvalue weighted by atomic mass is 10.2. The van der Waals surface area contributed by atoms with Gasteiger partial charge in [0, 0.05) is 27.7 Å². The molecule has 21 heavy (non-hydrogen) atoms. The molecule has 0 aliphatic heterocycles. The highest BCUT2D eigenvalue weighted by Gasteiger charge is 2.13. The number of halogens is 2. The third-order valence-electron chi connectivity index (χ3n) is 2.79. The van der Waals surface area contributed by atoms with Crippen molar-refractivity contribution < 1.29 is 4.79 Å². The average Bonchev–Trinajstić information content (AvgIpc) is 3.00. The van der Waals surface area contributed by atoms with E-state index in [9.17, 15) is 4.79 Å². The highest BCUT2D eigenvalue weighted by atomic mass is 79.9. The molecule has 0 aliphatic rings. The van der Waals surface area contributed by atoms with Gasteiger partial charge in [0.15, 0.2) is 0 Å². The number of hydrogen-bond donors (Lipinski definition) is 1. The van der Waals surface area contributed by atoms with Crippen LogP contribution in [0.5, 0.6) is 0 Å². The van der Waals surface area contributed by atoms with Crippen LogP contribution in [0.25, 0.3) is 16.2 Å². The molecular weight excluding hydrogens is 376 g/mol. The van der Waals surface area contributed by atoms with E-state index in [0.717, 1.165) is 16.2 Å². The van der Waals surface area contributed by atoms with Crippen LogP contribution >= 0.6 is 38.9 Å². The van der Waals surface area contributed by atoms with Crippen LogP contribution in [0, 0.1) is 0 Å². The van der Waals surface area contributed by atoms with E-state index < -0.39 is 0 Å². The number of hydrogen-bond acceptors (Lipinski definition) is 4. The summed E-state index contributed by atoms with van der Waals surface area (Å²) in [6.07, 6.45) is 0.386. The minimum atomic E-state index is -0.113. The van der Waals surface area contributed by atoms with E-state index in [1.54, 1.807) is 4.52 Å². The van der Waals surface area contributed by atoms with Gasteiger partial charge in [0.1, 0.15) is 0 Å². The second kappa shape index (κ2) is 6.13. The normalized spacial score (nSPS) is 11.0. The summed E-state index contributed by atoms with van der Waals surface area (Å²) in [6.45, 7) is 0. The van der Waals surface area contributed by atoms with Crippen LogP contribution in [-0.4, -0.2) is 25.8 Å². The molecule has 0 atom stereocenters. The van der Waals surface area contributed by atoms with Crippen LogP contribution < -0.4 is 5.32 Å². The molecule has 0 fully saturated rings. The molecule has 108 valence electrons. The molecule has 1 N–H and O–H groups in total. The summed E-state index contributed by atoms with van der Waals surface area (Å²) >= 11 is 10.6. The van der Waals surface area contributed by atoms with Gasteiger partial charge in [-0.2, -0.15) is 4.98 Å². The second-order valence-corrected chi connectivity index (χ2v) is 6.31. The zero-order valence-electron chi connectivity index (χ0n) is 10.7. The molecule has 0 saturated heterocycles. The van der Waals surface area contributed by atoms with Gasteiger partial charge in [-0.05, 0) is 12.1 Å². The Hall–Kier alpha value is -1.44. The van der Waals surface area contributed by atoms with E-state index in [1.165, 1.54) is 11.3 Å². The van der Waals surface area contributed by atoms with Gasteiger partial charge in [-0.15, -0.1) is 16.4 Å². The number of thiazole rings is 1. The van der Waals surface area contributed by atoms with Crippen LogP contribution in [0.4, 0.5) is 5.95 Å². The number of aromatic nitrogens is 3. The van der Waals surface area contributed by atoms with Gasteiger partial charge in [-0.25, -0.2) is 4.52 Å². The molecular formula is C13H10BrClN4OS. The number of alkyl halides is 1. The standard InChI is InChI=1S/C13H10BrClN4OS/c14-6-5-11(20)16-12-17-13-19(18-12)10(7-21-13)8-1-3-9(15)4-2-8/h1-4,7H,5-6H2,(H,16,18,20). The molecule has 0 bridgehead atoms. The number of rotatable bonds is 4. The smallest absolute Gasteiger partial charge is 0.250 e. The Balaban J connectivity index is 1.93. The van der Waals surface area contributed by atoms with Crippen molar-refractivity contribution in [3.05, 3.63) is 34.7 Å². The summed E-state index contributed by atoms with van der Waals surface area (Å²) in [7, 11) is 0. The van der Waals surface area contributed by atoms with Crippen molar-refractivity contribution in [2.45, 2.75) is 6.42 Å². The number of fused-ring (bicyclic) bond motifs is 1. The Morgan fingerprint density at radius 3 is 2.86 bits per heavy atom. The largest absolute Gasteiger partial charge is 0.293 e. The van der Waals surface area contributed by atoms with Crippen LogP contribution in [0.2, 0.25) is 5.02 Å². The molecule has 0 radical (unpaired) electrons. The topological polar surface area (TPSA) is 59.3 Å². The monoisotopic (exact) mass is 384 g/mol. The van der Waals surface area contributed by atoms with E-state index in [0.29, 0.717) is 22.7 Å². The van der Waals surface area contributed by atoms with Gasteiger partial charge in [0.2, 0.25) is 16.8 Å². The number of benzene rings is 1. The predicted molar refractivity (Wildman–Crippen MR) is 88.4 cm³/mol. The van der Waals surface area contributed by atoms with Crippen molar-refractivity contribution >= 4 is 55.7 Å². The number of carbonyl (C=O) groups excluding carboxylic acids is 1. The minimum Gasteiger partial charge on any atom is -0.293 e. The van der Waals surface area contributed by atoms with Crippen molar-refractivity contribution in [3.63, 3.8) is 0 Å². The molecule has 1 amide bonds. The van der Waals surface area contributed by atoms with Gasteiger partial charge >= 0.3 is 0 Å². The van der Waals surface area contributed by atoms with Crippen LogP contribution in [-0.2, 0) is 4.79 Å². The first-order valence-electron chi connectivity index (χ1n) is 6.13. The first-order chi connectivity index (χ1) is 10.2. The quantitative estimate of drug-likeness (QED) is 0.694. The third kappa shape index (κ3) is 3.09. The summed E-state index contributed by atoms with van der Waals surface area (Å²) in [4.78, 5) is 16.6. The Labute approximate surface area is 138 Å². The predicted octanol–water partition coefficient (Wildman–Crippen LogP) is 3.83. The summed E-state index contributed by atoms with van der Waals surface area (Å²) < 4.78 is 1.72. The highest BCUT2D eigenvalue weighted by Crippen LogP contribution is 2.26. The van der Waals surface area contributed by atoms with Gasteiger partial charge in [-0.3, -0.25) is 10.1 Å². The Kier molecular flexibility index (Phi) is 4.23. The summed E-state index contributed by atoms with van der Waals surface area (Å²) in [5.74, 6) is 0.209. The Bertz CT molecular complexity index is 783. The zero-order valence-corrected chi connectivity index (χ0v) is 13.9. The number of anilines is 1. The number of carbonyl (C=O) groups is 1. The Morgan fingerprint density at radius 2 is 2.14 bits per heavy atom. The van der Waals surface area contributed by atoms with E-state index >= 15 is 0 Å². The van der Waals surface area contributed by atoms with E-state index in [1.807, 2.05) is 29.6 Å². The summed E-state index contributed by atoms with van der Waals surface area (Å²) in [5.41, 5.74) is 1.91. The summed E-state index contributed by atoms with van der Waals surface area (Å²) in [5, 5.41) is 10.3. The van der Waals surface area contributed by atoms with Crippen molar-refractivity contribution in [2.75, 3.05) is 10.6 Å². The molecule has 0 spiro atoms. The maximum absolute atomic E-state index is 11.6. The molecule has 2 aromatic heterocycles. The van der Waals surface area contributed by atoms with Crippen molar-refractivity contribution in [1.82, 2.24) is 14.6 Å². The molecule has 8 heteroatoms. The van der Waals surface area contributed by atoms with Gasteiger partial charge in [0.05, 0.1) is 5.69 Å². The molecule has 5 nitrogen and oxygen atoms in total. The fourth-order valence-electron chi connectivity index (χ4n) is 1.83. The van der Waals surface area contributed by atoms with E-state index in [-0.39, 0.29) is 5.91 Å². The highest BCUT2D eigenvalue weighted by molar-refractivity contribution is 9.09. The van der Waals surface area contributed by atoms with Crippen molar-refractivity contribution in [2.24, 2.45) is 0 Å². The van der Waals surface area contributed by atoms with Crippen LogP contribution in [0.1, 0.15) is 6.42 Å². The molecule has 1 aromatic carbocycles. The van der Waals surface area contributed by atoms with Crippen LogP contribution in [0.15, 0.2) is 29.6 Å². The van der Waals surface area contributed by atoms with Gasteiger partial charge in [0.25, 0.3) is 0 Å². The molecule has 0 unspecified atom stereocenters. The zero-order chi connectivity index (χ0) is 14.8. The third-order valence-corrected chi connectivity index (χ3v) is 4.26. The Morgan fingerprint density at radius 1 is 1.38 bits per heavy atom. The van der Waals surface area contributed by atoms with Crippen molar-refractivity contribution in [3.8, 4) is 11.3 Å². The molecule has 0 saturated carbocycles. The lowest BCUT2D eigenvalue weighted by molar-refractivity contribution is -0.115. The number of nitrogens with one attached hydrogen (secondary N) is 1. The van der Waals surface area contributed by atoms with E-state index in [4.69, 9.17) is 11.6 Å². The van der Waals surface area contributed by atoms with Gasteiger partial charge < -0.3 is 0 Å². The minimum absolute atomic E-state index is 0.113. The first kappa shape index (κ1) is 14.5. The van der Waals surface area contributed by atoms with Gasteiger partial charge in [-0.1, -0.05) is 39.7 Å². The first-order valence-corrected chi connectivity index (χ1v) is 8.51. The van der Waals surface area contributed by atoms with Crippen LogP contribution in [0.3, 0.4) is 0 Å². The molecule has 3 rings (SSSR count). The lowest BCUT2D eigenvalue weighted by Crippen LogP contribution is -2.12. The molecule has 0 aliphatic carbocycles. The van der Waals surface area contributed by atoms with E-state index in [2.05, 4.69) is 31.3 Å². The molecule has 2 heterocycles. The lowest BCUT2D eigenvalue weighted by Gasteiger charge is -1.99. The number of nitrogens with zero attached hydrogens (tertiary/aromatic N) is 3. The average molecular weight is 386 g/mol. The van der Waals surface area contributed by atoms with Crippen molar-refractivity contribution in [1.29, 1.82) is 0 Å². The summed E-state index contributed by atoms with van der Waals surface area (Å²) in [6, 6.07) is 7.51. The fraction of sp³-hybridized carbons (Fsp3) is 0.154. The maximum Gasteiger partial charge on any atom is 0.250 e. The maximum atomic E-state index is 11.6. The SMILES string of the molecule is O=C(CCBr)Nc1nc2scc(-c3ccc(Cl)cc3)n2n1.